The largest absolute Gasteiger partial charge is 0.423 e. The molecule has 0 bridgehead atoms. The van der Waals surface area contributed by atoms with E-state index in [2.05, 4.69) is 20.8 Å². The van der Waals surface area contributed by atoms with Crippen LogP contribution in [0.25, 0.3) is 0 Å². The normalized spacial score (nSPS) is 11.8. The molecule has 0 N–H and O–H groups in total. The SMILES string of the molecule is CCCC[N+](CCCC)(CCCC)CCCC(OC(C)=O)(OC(C)=O)OC(C)=O. The van der Waals surface area contributed by atoms with Gasteiger partial charge in [0.2, 0.25) is 0 Å². The summed E-state index contributed by atoms with van der Waals surface area (Å²) < 4.78 is 16.5. The van der Waals surface area contributed by atoms with Gasteiger partial charge in [0.15, 0.2) is 0 Å². The maximum Gasteiger partial charge on any atom is 0.423 e. The predicted octanol–water partition coefficient (Wildman–Crippen LogP) is 4.33. The molecule has 7 nitrogen and oxygen atoms in total. The lowest BCUT2D eigenvalue weighted by Crippen LogP contribution is -2.51. The quantitative estimate of drug-likeness (QED) is 0.212. The number of nitrogens with zero attached hydrogens (tertiary/aromatic N) is 1. The van der Waals surface area contributed by atoms with Crippen LogP contribution in [-0.2, 0) is 28.6 Å². The van der Waals surface area contributed by atoms with Crippen molar-refractivity contribution >= 4 is 17.9 Å². The Balaban J connectivity index is 5.45. The molecule has 0 spiro atoms. The molecule has 0 aromatic rings. The molecule has 0 heterocycles. The van der Waals surface area contributed by atoms with Gasteiger partial charge in [0.1, 0.15) is 0 Å². The van der Waals surface area contributed by atoms with Gasteiger partial charge in [-0.1, -0.05) is 40.0 Å². The number of esters is 3. The first-order valence-electron chi connectivity index (χ1n) is 11.1. The molecule has 29 heavy (non-hydrogen) atoms. The van der Waals surface area contributed by atoms with Crippen molar-refractivity contribution in [2.24, 2.45) is 0 Å². The van der Waals surface area contributed by atoms with E-state index in [1.54, 1.807) is 0 Å². The maximum absolute atomic E-state index is 11.6. The smallest absolute Gasteiger partial charge is 0.388 e. The second-order valence-electron chi connectivity index (χ2n) is 7.86. The summed E-state index contributed by atoms with van der Waals surface area (Å²) in [7, 11) is 0. The van der Waals surface area contributed by atoms with Gasteiger partial charge < -0.3 is 18.7 Å². The lowest BCUT2D eigenvalue weighted by molar-refractivity contribution is -0.929. The Labute approximate surface area is 176 Å². The van der Waals surface area contributed by atoms with E-state index in [9.17, 15) is 14.4 Å². The summed E-state index contributed by atoms with van der Waals surface area (Å²) in [6, 6.07) is 0. The van der Waals surface area contributed by atoms with Crippen molar-refractivity contribution in [3.63, 3.8) is 0 Å². The summed E-state index contributed by atoms with van der Waals surface area (Å²) >= 11 is 0. The second kappa shape index (κ2) is 14.4. The molecule has 0 amide bonds. The summed E-state index contributed by atoms with van der Waals surface area (Å²) in [6.07, 6.45) is 7.58. The maximum atomic E-state index is 11.6. The second-order valence-corrected chi connectivity index (χ2v) is 7.86. The predicted molar refractivity (Wildman–Crippen MR) is 112 cm³/mol. The van der Waals surface area contributed by atoms with Gasteiger partial charge in [-0.3, -0.25) is 14.4 Å². The Kier molecular flexibility index (Phi) is 13.6. The fraction of sp³-hybridized carbons (Fsp3) is 0.864. The lowest BCUT2D eigenvalue weighted by atomic mass is 10.1. The van der Waals surface area contributed by atoms with Crippen LogP contribution in [0.1, 0.15) is 92.9 Å². The highest BCUT2D eigenvalue weighted by Gasteiger charge is 2.42. The summed E-state index contributed by atoms with van der Waals surface area (Å²) in [6.45, 7) is 14.3. The molecule has 0 aliphatic carbocycles. The summed E-state index contributed by atoms with van der Waals surface area (Å²) in [5, 5.41) is 0. The van der Waals surface area contributed by atoms with Crippen molar-refractivity contribution in [3.05, 3.63) is 0 Å². The van der Waals surface area contributed by atoms with E-state index < -0.39 is 23.9 Å². The molecule has 0 aliphatic rings. The van der Waals surface area contributed by atoms with Crippen LogP contribution in [0.15, 0.2) is 0 Å². The van der Waals surface area contributed by atoms with Gasteiger partial charge >= 0.3 is 23.9 Å². The molecule has 0 aliphatic heterocycles. The molecule has 0 atom stereocenters. The highest BCUT2D eigenvalue weighted by molar-refractivity contribution is 5.70. The van der Waals surface area contributed by atoms with E-state index in [4.69, 9.17) is 14.2 Å². The van der Waals surface area contributed by atoms with Crippen LogP contribution in [0.5, 0.6) is 0 Å². The first kappa shape index (κ1) is 27.4. The molecule has 0 radical (unpaired) electrons. The molecule has 0 saturated carbocycles. The van der Waals surface area contributed by atoms with Gasteiger partial charge in [0, 0.05) is 27.2 Å². The summed E-state index contributed by atoms with van der Waals surface area (Å²) in [4.78, 5) is 34.8. The van der Waals surface area contributed by atoms with Crippen molar-refractivity contribution in [2.75, 3.05) is 26.2 Å². The van der Waals surface area contributed by atoms with E-state index in [1.165, 1.54) is 20.8 Å². The molecule has 0 aromatic carbocycles. The van der Waals surface area contributed by atoms with Crippen molar-refractivity contribution in [3.8, 4) is 0 Å². The number of hydrogen-bond donors (Lipinski definition) is 0. The van der Waals surface area contributed by atoms with Crippen LogP contribution >= 0.6 is 0 Å². The average molecular weight is 417 g/mol. The Bertz CT molecular complexity index is 443. The third-order valence-corrected chi connectivity index (χ3v) is 4.97. The number of rotatable bonds is 16. The van der Waals surface area contributed by atoms with E-state index in [0.29, 0.717) is 6.42 Å². The van der Waals surface area contributed by atoms with E-state index in [1.807, 2.05) is 0 Å². The Morgan fingerprint density at radius 2 is 0.931 bits per heavy atom. The zero-order chi connectivity index (χ0) is 22.3. The minimum absolute atomic E-state index is 0.121. The van der Waals surface area contributed by atoms with Gasteiger partial charge in [-0.25, -0.2) is 0 Å². The molecule has 0 saturated heterocycles. The van der Waals surface area contributed by atoms with Crippen molar-refractivity contribution in [2.45, 2.75) is 98.9 Å². The molecule has 0 aromatic heterocycles. The Morgan fingerprint density at radius 3 is 1.21 bits per heavy atom. The van der Waals surface area contributed by atoms with E-state index in [0.717, 1.165) is 69.2 Å². The van der Waals surface area contributed by atoms with Crippen LogP contribution in [0.3, 0.4) is 0 Å². The van der Waals surface area contributed by atoms with Crippen LogP contribution in [0.2, 0.25) is 0 Å². The van der Waals surface area contributed by atoms with Crippen molar-refractivity contribution in [1.29, 1.82) is 0 Å². The number of carbonyl (C=O) groups is 3. The fourth-order valence-electron chi connectivity index (χ4n) is 3.65. The molecule has 0 unspecified atom stereocenters. The molecular weight excluding hydrogens is 374 g/mol. The fourth-order valence-corrected chi connectivity index (χ4v) is 3.65. The molecule has 7 heteroatoms. The van der Waals surface area contributed by atoms with Gasteiger partial charge in [-0.05, 0) is 19.3 Å². The Morgan fingerprint density at radius 1 is 0.621 bits per heavy atom. The van der Waals surface area contributed by atoms with Crippen molar-refractivity contribution < 1.29 is 33.1 Å². The monoisotopic (exact) mass is 416 g/mol. The first-order chi connectivity index (χ1) is 13.6. The van der Waals surface area contributed by atoms with E-state index >= 15 is 0 Å². The highest BCUT2D eigenvalue weighted by Crippen LogP contribution is 2.25. The number of quaternary nitrogens is 1. The zero-order valence-corrected chi connectivity index (χ0v) is 19.4. The minimum Gasteiger partial charge on any atom is -0.388 e. The first-order valence-corrected chi connectivity index (χ1v) is 11.1. The Hall–Kier alpha value is -1.63. The van der Waals surface area contributed by atoms with Crippen LogP contribution in [0, 0.1) is 0 Å². The summed E-state index contributed by atoms with van der Waals surface area (Å²) in [5.74, 6) is -4.00. The number of carbonyl (C=O) groups excluding carboxylic acids is 3. The average Bonchev–Trinajstić information content (AvgIpc) is 2.60. The molecule has 0 fully saturated rings. The topological polar surface area (TPSA) is 78.9 Å². The zero-order valence-electron chi connectivity index (χ0n) is 19.4. The highest BCUT2D eigenvalue weighted by atomic mass is 16.9. The van der Waals surface area contributed by atoms with Crippen LogP contribution < -0.4 is 0 Å². The summed E-state index contributed by atoms with van der Waals surface area (Å²) in [5.41, 5.74) is 0. The minimum atomic E-state index is -1.99. The molecule has 0 rings (SSSR count). The third-order valence-electron chi connectivity index (χ3n) is 4.97. The van der Waals surface area contributed by atoms with Gasteiger partial charge in [0.05, 0.1) is 32.6 Å². The van der Waals surface area contributed by atoms with Gasteiger partial charge in [-0.2, -0.15) is 0 Å². The van der Waals surface area contributed by atoms with E-state index in [-0.39, 0.29) is 6.42 Å². The van der Waals surface area contributed by atoms with Gasteiger partial charge in [0.25, 0.3) is 0 Å². The molecular formula is C22H42NO6+. The van der Waals surface area contributed by atoms with Crippen LogP contribution in [0.4, 0.5) is 0 Å². The number of hydrogen-bond acceptors (Lipinski definition) is 6. The van der Waals surface area contributed by atoms with Crippen LogP contribution in [-0.4, -0.2) is 54.5 Å². The molecule has 170 valence electrons. The lowest BCUT2D eigenvalue weighted by Gasteiger charge is -2.40. The number of unbranched alkanes of at least 4 members (excludes halogenated alkanes) is 3. The van der Waals surface area contributed by atoms with Crippen molar-refractivity contribution in [1.82, 2.24) is 0 Å². The third kappa shape index (κ3) is 11.8. The standard InChI is InChI=1S/C22H42NO6/c1-7-10-15-23(16-11-8-2,17-12-9-3)18-13-14-22(27-19(4)24,28-20(5)25)29-21(6)26/h7-18H2,1-6H3/q+1. The van der Waals surface area contributed by atoms with Gasteiger partial charge in [-0.15, -0.1) is 0 Å². The number of ether oxygens (including phenoxy) is 3.